The summed E-state index contributed by atoms with van der Waals surface area (Å²) in [4.78, 5) is 100. The fraction of sp³-hybridized carbons (Fsp3) is 0.187. The van der Waals surface area contributed by atoms with E-state index < -0.39 is 27.1 Å². The van der Waals surface area contributed by atoms with Crippen LogP contribution in [-0.2, 0) is 14.0 Å². The number of rotatable bonds is 23. The number of aliphatic hydroxyl groups is 1. The average Bonchev–Trinajstić information content (AvgIpc) is 1.54. The van der Waals surface area contributed by atoms with Crippen molar-refractivity contribution in [1.82, 2.24) is 96.8 Å². The number of halogens is 14. The summed E-state index contributed by atoms with van der Waals surface area (Å²) in [6, 6.07) is 28.6. The van der Waals surface area contributed by atoms with Crippen molar-refractivity contribution in [1.29, 1.82) is 0 Å². The number of nitrogens with zero attached hydrogens (tertiary/aromatic N) is 22. The van der Waals surface area contributed by atoms with Crippen LogP contribution in [0.1, 0.15) is 7.43 Å². The number of hydrogen-bond acceptors (Lipinski definition) is 37. The minimum absolute atomic E-state index is 0. The fourth-order valence-corrected chi connectivity index (χ4v) is 13.6. The molecule has 14 aromatic heterocycles. The van der Waals surface area contributed by atoms with Gasteiger partial charge in [-0.3, -0.25) is 61.9 Å². The maximum atomic E-state index is 11.0. The molecule has 63 heteroatoms. The summed E-state index contributed by atoms with van der Waals surface area (Å²) in [7, 11) is 2.67. The van der Waals surface area contributed by atoms with Gasteiger partial charge in [-0.15, -0.1) is 0 Å². The van der Waals surface area contributed by atoms with Crippen LogP contribution in [0.25, 0.3) is 39.5 Å². The molecular weight excluding hydrogens is 2230 g/mol. The average molecular weight is 2310 g/mol. The zero-order chi connectivity index (χ0) is 99.4. The van der Waals surface area contributed by atoms with Crippen molar-refractivity contribution in [2.75, 3.05) is 111 Å². The molecule has 0 bridgehead atoms. The number of nitro groups is 3. The van der Waals surface area contributed by atoms with E-state index in [-0.39, 0.29) is 104 Å². The van der Waals surface area contributed by atoms with Gasteiger partial charge in [-0.1, -0.05) is 157 Å². The number of thioether (sulfide) groups is 2. The minimum atomic E-state index is -3.22. The Balaban J connectivity index is 0.000000408. The zero-order valence-electron chi connectivity index (χ0n) is 71.4. The molecule has 0 unspecified atom stereocenters. The number of methoxy groups -OCH3 is 2. The number of nitrogens with two attached hydrogens (primary N) is 2. The Hall–Kier alpha value is -8.53. The van der Waals surface area contributed by atoms with Crippen LogP contribution >= 0.6 is 194 Å². The van der Waals surface area contributed by atoms with Crippen LogP contribution in [0.3, 0.4) is 0 Å². The molecule has 0 saturated carbocycles. The van der Waals surface area contributed by atoms with Gasteiger partial charge in [-0.25, -0.2) is 74.6 Å². The molecule has 14 N–H and O–H groups in total. The molecule has 0 aliphatic rings. The Morgan fingerprint density at radius 2 is 0.913 bits per heavy atom. The van der Waals surface area contributed by atoms with Gasteiger partial charge in [0.25, 0.3) is 17.1 Å². The number of pyridine rings is 3. The number of nitrogen functional groups attached to an aromatic ring is 1. The molecule has 14 heterocycles. The van der Waals surface area contributed by atoms with E-state index in [1.54, 1.807) is 145 Å². The molecule has 16 aromatic rings. The predicted octanol–water partition coefficient (Wildman–Crippen LogP) is 14.9. The van der Waals surface area contributed by atoms with Crippen LogP contribution in [0.4, 0.5) is 52.2 Å². The molecule has 0 amide bonds. The van der Waals surface area contributed by atoms with Gasteiger partial charge in [0, 0.05) is 203 Å². The Morgan fingerprint density at radius 3 is 1.33 bits per heavy atom. The van der Waals surface area contributed by atoms with Crippen LogP contribution < -0.4 is 101 Å². The van der Waals surface area contributed by atoms with Crippen LogP contribution in [0, 0.1) is 30.3 Å². The predicted molar refractivity (Wildman–Crippen MR) is 547 cm³/mol. The summed E-state index contributed by atoms with van der Waals surface area (Å²) < 4.78 is 27.6. The van der Waals surface area contributed by atoms with Crippen LogP contribution in [0.15, 0.2) is 205 Å². The van der Waals surface area contributed by atoms with E-state index in [1.807, 2.05) is 45.8 Å². The van der Waals surface area contributed by atoms with E-state index in [1.165, 1.54) is 71.2 Å². The van der Waals surface area contributed by atoms with Gasteiger partial charge < -0.3 is 68.2 Å². The number of hydrogen-bond donors (Lipinski definition) is 11. The van der Waals surface area contributed by atoms with Gasteiger partial charge >= 0.3 is 69.4 Å². The first-order valence-corrected chi connectivity index (χ1v) is 49.0. The standard InChI is InChI=1S/C19H15Cl2N7O2.C13H12ClN7O2.C7H6ClN3S.C7H10N4O2.C6H5BCl2O2.C6H3Cl2N3.C6H4ClN3O.C5H6ClN3S.C4H9BrO2.CH4O.CH4.Cl3OP.K.H2O/c20-12-1-3-14(15(21)9-12)16-10-18-23-7-8-27(18)19(26-16)24-6-5-22-17-4-2-13(11-25-17)28(29)30;14-10-7-12-16-5-6-20(12)13(19-10)17-4-3-15-11-2-1-9(8-18-11)21(22)23;1-12-7-10-5(8)4-6-9-2-3-11(6)7;8-3-4-9-7-2-1-6(5-10-7)11(12)13;8-4-1-2-5(7(10)11)6(9)3-4;7-4-3-5-9-1-2-11(5)6(8)10-4;7-4-3-5-8-1-2-10(5)6(11)9-4;1-10-5-8-3(6)2-4(7)9-5;1-6-4(3-5)7-2;1-2;;1-5(2,3)4;;/h1-4,7-11H,5-6H2,(H,22,25)(H,24,26);1-2,5-8H,3-4H2,(H,15,18)(H,17,19);2-4H,1H3;1-2,5H,3-4,8H2,(H,9,10);1-3,10-11H;1-3H;1-3H,(H,9,11);2H,1H3,(H2,7,8,9);4H,3H2,1-2H3;2H,1H3;1H4;;;1H2/q;;;;;;;;;;;;+1;/p-1. The molecule has 0 aliphatic carbocycles. The third-order valence-corrected chi connectivity index (χ3v) is 19.8. The summed E-state index contributed by atoms with van der Waals surface area (Å²) in [5.74, 6) is 3.29. The molecule has 0 fully saturated rings. The second kappa shape index (κ2) is 64.8. The van der Waals surface area contributed by atoms with Gasteiger partial charge in [0.1, 0.15) is 95.9 Å². The first-order chi connectivity index (χ1) is 64.4. The smallest absolute Gasteiger partial charge is 0.870 e. The van der Waals surface area contributed by atoms with Gasteiger partial charge in [0.15, 0.2) is 16.6 Å². The number of anilines is 6. The number of alkyl halides is 1. The summed E-state index contributed by atoms with van der Waals surface area (Å²) in [5, 5.41) is 74.3. The summed E-state index contributed by atoms with van der Waals surface area (Å²) >= 11 is 77.8. The third-order valence-electron chi connectivity index (χ3n) is 15.7. The normalized spacial score (nSPS) is 10.2. The molecular formula is C75H79BBrCl13KN30O14PS2. The van der Waals surface area contributed by atoms with E-state index in [0.29, 0.717) is 148 Å². The van der Waals surface area contributed by atoms with E-state index in [4.69, 9.17) is 152 Å². The van der Waals surface area contributed by atoms with Crippen LogP contribution in [0.5, 0.6) is 0 Å². The summed E-state index contributed by atoms with van der Waals surface area (Å²) in [6.45, 7) is 3.25. The molecule has 0 saturated heterocycles. The van der Waals surface area contributed by atoms with Gasteiger partial charge in [-0.05, 0) is 106 Å². The SMILES string of the molecule is C.CO.COC(CBr)OC.CSc1nc(Cl)cc2nccn12.CSc1nc(N)cc(Cl)n1.Clc1cc2nccn2c(Cl)n1.NCCNc1ccc([N+](=O)[O-])cn1.O=P(Cl)(Cl)Cl.O=[N+]([O-])c1ccc(NCCNc2nc(-c3ccc(Cl)cc3Cl)cc3nccn23)nc1.O=[N+]([O-])c1ccc(NCCNc2nc(Cl)cc3nccn23)nc1.O=c1[nH]c(Cl)cc2nccn12.OB(O)c1ccc(Cl)cc1Cl.[K+].[OH-]. The number of aromatic amines is 1. The number of aliphatic hydroxyl groups excluding tert-OH is 1. The number of ether oxygens (including phenoxy) is 2. The number of imidazole rings is 5. The zero-order valence-corrected chi connectivity index (χ0v) is 88.5. The van der Waals surface area contributed by atoms with E-state index in [0.717, 1.165) is 34.5 Å². The fourth-order valence-electron chi connectivity index (χ4n) is 9.84. The van der Waals surface area contributed by atoms with Gasteiger partial charge in [0.05, 0.1) is 30.8 Å². The number of aromatic nitrogens is 20. The maximum absolute atomic E-state index is 11.0. The maximum Gasteiger partial charge on any atom is 1.00 e. The number of H-pyrrole nitrogens is 1. The summed E-state index contributed by atoms with van der Waals surface area (Å²) in [5.41, 5.74) is 15.5. The number of fused-ring (bicyclic) bond motifs is 5. The minimum Gasteiger partial charge on any atom is -0.870 e. The van der Waals surface area contributed by atoms with Crippen molar-refractivity contribution >= 4 is 287 Å². The molecule has 0 spiro atoms. The molecule has 732 valence electrons. The Labute approximate surface area is 908 Å². The topological polar surface area (TPSA) is 603 Å². The quantitative estimate of drug-likeness (QED) is 0.00271. The van der Waals surface area contributed by atoms with Crippen LogP contribution in [0.2, 0.25) is 51.1 Å². The molecule has 0 aliphatic heterocycles. The van der Waals surface area contributed by atoms with Crippen molar-refractivity contribution in [3.05, 3.63) is 282 Å². The second-order valence-corrected chi connectivity index (χ2v) is 37.4. The van der Waals surface area contributed by atoms with E-state index in [2.05, 4.69) is 151 Å². The number of nitrogens with one attached hydrogen (secondary N) is 6. The number of benzene rings is 2. The van der Waals surface area contributed by atoms with Crippen molar-refractivity contribution in [3.63, 3.8) is 0 Å². The third kappa shape index (κ3) is 43.1. The van der Waals surface area contributed by atoms with E-state index in [9.17, 15) is 39.7 Å². The Morgan fingerprint density at radius 1 is 0.514 bits per heavy atom. The summed E-state index contributed by atoms with van der Waals surface area (Å²) in [6.07, 6.45) is 24.4. The van der Waals surface area contributed by atoms with Crippen molar-refractivity contribution in [2.24, 2.45) is 5.73 Å². The van der Waals surface area contributed by atoms with Crippen LogP contribution in [-0.4, -0.2) is 224 Å². The first-order valence-electron chi connectivity index (χ1n) is 37.2. The monoisotopic (exact) mass is 2300 g/mol. The van der Waals surface area contributed by atoms with E-state index >= 15 is 0 Å². The van der Waals surface area contributed by atoms with Crippen molar-refractivity contribution in [3.8, 4) is 11.3 Å². The van der Waals surface area contributed by atoms with Crippen molar-refractivity contribution < 1.29 is 101 Å². The molecule has 44 nitrogen and oxygen atoms in total. The largest absolute Gasteiger partial charge is 1.00 e. The molecule has 0 atom stereocenters. The molecule has 0 radical (unpaired) electrons. The second-order valence-electron chi connectivity index (χ2n) is 24.6. The first kappa shape index (κ1) is 124. The Kier molecular flexibility index (Phi) is 58.1. The Bertz CT molecular complexity index is 6560. The molecule has 138 heavy (non-hydrogen) atoms. The van der Waals surface area contributed by atoms with Gasteiger partial charge in [-0.2, -0.15) is 0 Å². The van der Waals surface area contributed by atoms with Gasteiger partial charge in [0.2, 0.25) is 17.2 Å². The van der Waals surface area contributed by atoms with Crippen molar-refractivity contribution in [2.45, 2.75) is 24.0 Å². The molecule has 16 rings (SSSR count). The molecule has 2 aromatic carbocycles.